The zero-order valence-electron chi connectivity index (χ0n) is 14.3. The molecule has 0 radical (unpaired) electrons. The van der Waals surface area contributed by atoms with E-state index >= 15 is 0 Å². The second-order valence-electron chi connectivity index (χ2n) is 7.26. The van der Waals surface area contributed by atoms with Gasteiger partial charge in [-0.1, -0.05) is 20.8 Å². The molecule has 1 aromatic carbocycles. The van der Waals surface area contributed by atoms with E-state index in [-0.39, 0.29) is 24.0 Å². The van der Waals surface area contributed by atoms with Crippen LogP contribution in [0.25, 0.3) is 0 Å². The third-order valence-corrected chi connectivity index (χ3v) is 4.23. The van der Waals surface area contributed by atoms with E-state index in [9.17, 15) is 18.7 Å². The Morgan fingerprint density at radius 3 is 2.75 bits per heavy atom. The standard InChI is InChI=1S/C17H25F2N3O2/c1-17(2,3)15(23)9-20-16(24)21-12-6-7-22(10-12)14-5-4-11(18)8-13(14)19/h4-5,8,12,15,23H,6-7,9-10H2,1-3H3,(H2,20,21,24). The van der Waals surface area contributed by atoms with Crippen molar-refractivity contribution in [2.24, 2.45) is 5.41 Å². The molecular formula is C17H25F2N3O2. The van der Waals surface area contributed by atoms with Gasteiger partial charge >= 0.3 is 6.03 Å². The average molecular weight is 341 g/mol. The molecule has 7 heteroatoms. The van der Waals surface area contributed by atoms with Gasteiger partial charge in [0.05, 0.1) is 11.8 Å². The number of carbonyl (C=O) groups is 1. The van der Waals surface area contributed by atoms with Crippen LogP contribution >= 0.6 is 0 Å². The number of hydrogen-bond acceptors (Lipinski definition) is 3. The maximum atomic E-state index is 13.8. The summed E-state index contributed by atoms with van der Waals surface area (Å²) in [5.74, 6) is -1.21. The molecule has 1 heterocycles. The molecule has 1 saturated heterocycles. The van der Waals surface area contributed by atoms with Gasteiger partial charge in [0.2, 0.25) is 0 Å². The highest BCUT2D eigenvalue weighted by Crippen LogP contribution is 2.24. The number of aliphatic hydroxyl groups is 1. The number of anilines is 1. The molecule has 2 atom stereocenters. The Kier molecular flexibility index (Phi) is 5.64. The predicted molar refractivity (Wildman–Crippen MR) is 89.0 cm³/mol. The molecule has 2 unspecified atom stereocenters. The number of hydrogen-bond donors (Lipinski definition) is 3. The number of nitrogens with one attached hydrogen (secondary N) is 2. The maximum absolute atomic E-state index is 13.8. The lowest BCUT2D eigenvalue weighted by molar-refractivity contribution is 0.0649. The summed E-state index contributed by atoms with van der Waals surface area (Å²) in [6.07, 6.45) is 0.0307. The molecule has 1 fully saturated rings. The van der Waals surface area contributed by atoms with Crippen LogP contribution in [0, 0.1) is 17.0 Å². The van der Waals surface area contributed by atoms with Gasteiger partial charge in [-0.25, -0.2) is 13.6 Å². The molecule has 134 valence electrons. The number of rotatable bonds is 4. The van der Waals surface area contributed by atoms with E-state index in [1.165, 1.54) is 12.1 Å². The first kappa shape index (κ1) is 18.4. The molecule has 3 N–H and O–H groups in total. The molecule has 0 aromatic heterocycles. The van der Waals surface area contributed by atoms with Gasteiger partial charge in [0, 0.05) is 31.7 Å². The summed E-state index contributed by atoms with van der Waals surface area (Å²) in [7, 11) is 0. The smallest absolute Gasteiger partial charge is 0.315 e. The van der Waals surface area contributed by atoms with E-state index in [0.29, 0.717) is 25.2 Å². The maximum Gasteiger partial charge on any atom is 0.315 e. The van der Waals surface area contributed by atoms with Gasteiger partial charge in [-0.15, -0.1) is 0 Å². The van der Waals surface area contributed by atoms with Crippen LogP contribution in [0.5, 0.6) is 0 Å². The van der Waals surface area contributed by atoms with Crippen LogP contribution in [-0.4, -0.2) is 42.9 Å². The summed E-state index contributed by atoms with van der Waals surface area (Å²) in [6, 6.07) is 3.01. The number of urea groups is 1. The summed E-state index contributed by atoms with van der Waals surface area (Å²) in [6.45, 7) is 6.88. The van der Waals surface area contributed by atoms with Gasteiger partial charge in [0.25, 0.3) is 0 Å². The average Bonchev–Trinajstić information content (AvgIpc) is 2.91. The highest BCUT2D eigenvalue weighted by Gasteiger charge is 2.27. The highest BCUT2D eigenvalue weighted by atomic mass is 19.1. The Bertz CT molecular complexity index is 590. The van der Waals surface area contributed by atoms with E-state index in [0.717, 1.165) is 6.07 Å². The van der Waals surface area contributed by atoms with Gasteiger partial charge < -0.3 is 20.6 Å². The first-order valence-corrected chi connectivity index (χ1v) is 8.09. The van der Waals surface area contributed by atoms with Crippen molar-refractivity contribution < 1.29 is 18.7 Å². The number of carbonyl (C=O) groups excluding carboxylic acids is 1. The number of amides is 2. The second kappa shape index (κ2) is 7.34. The summed E-state index contributed by atoms with van der Waals surface area (Å²) >= 11 is 0. The van der Waals surface area contributed by atoms with Gasteiger partial charge in [-0.05, 0) is 24.0 Å². The normalized spacial score (nSPS) is 19.2. The fourth-order valence-corrected chi connectivity index (χ4v) is 2.57. The number of nitrogens with zero attached hydrogens (tertiary/aromatic N) is 1. The lowest BCUT2D eigenvalue weighted by Crippen LogP contribution is -2.47. The zero-order chi connectivity index (χ0) is 17.9. The highest BCUT2D eigenvalue weighted by molar-refractivity contribution is 5.74. The molecule has 0 bridgehead atoms. The molecule has 0 aliphatic carbocycles. The van der Waals surface area contributed by atoms with E-state index in [1.54, 1.807) is 4.90 Å². The van der Waals surface area contributed by atoms with Crippen LogP contribution in [0.15, 0.2) is 18.2 Å². The molecule has 1 aliphatic rings. The Morgan fingerprint density at radius 1 is 1.42 bits per heavy atom. The Morgan fingerprint density at radius 2 is 2.12 bits per heavy atom. The zero-order valence-corrected chi connectivity index (χ0v) is 14.3. The molecule has 1 aliphatic heterocycles. The summed E-state index contributed by atoms with van der Waals surface area (Å²) in [5, 5.41) is 15.4. The molecule has 2 rings (SSSR count). The van der Waals surface area contributed by atoms with Crippen molar-refractivity contribution in [3.8, 4) is 0 Å². The first-order valence-electron chi connectivity index (χ1n) is 8.09. The predicted octanol–water partition coefficient (Wildman–Crippen LogP) is 2.25. The molecule has 0 saturated carbocycles. The van der Waals surface area contributed by atoms with Crippen molar-refractivity contribution in [2.75, 3.05) is 24.5 Å². The first-order chi connectivity index (χ1) is 11.2. The number of halogens is 2. The van der Waals surface area contributed by atoms with Crippen molar-refractivity contribution >= 4 is 11.7 Å². The third-order valence-electron chi connectivity index (χ3n) is 4.23. The molecular weight excluding hydrogens is 316 g/mol. The molecule has 5 nitrogen and oxygen atoms in total. The summed E-state index contributed by atoms with van der Waals surface area (Å²) in [5.41, 5.74) is 0.0293. The fourth-order valence-electron chi connectivity index (χ4n) is 2.57. The largest absolute Gasteiger partial charge is 0.391 e. The number of aliphatic hydroxyl groups excluding tert-OH is 1. The molecule has 24 heavy (non-hydrogen) atoms. The monoisotopic (exact) mass is 341 g/mol. The van der Waals surface area contributed by atoms with Crippen molar-refractivity contribution in [2.45, 2.75) is 39.3 Å². The van der Waals surface area contributed by atoms with Crippen molar-refractivity contribution in [1.82, 2.24) is 10.6 Å². The van der Waals surface area contributed by atoms with E-state index in [1.807, 2.05) is 20.8 Å². The Balaban J connectivity index is 1.82. The quantitative estimate of drug-likeness (QED) is 0.787. The third kappa shape index (κ3) is 4.80. The van der Waals surface area contributed by atoms with Crippen molar-refractivity contribution in [3.05, 3.63) is 29.8 Å². The molecule has 2 amide bonds. The van der Waals surface area contributed by atoms with Crippen LogP contribution in [0.1, 0.15) is 27.2 Å². The number of benzene rings is 1. The minimum absolute atomic E-state index is 0.124. The van der Waals surface area contributed by atoms with Crippen LogP contribution < -0.4 is 15.5 Å². The lowest BCUT2D eigenvalue weighted by Gasteiger charge is -2.26. The van der Waals surface area contributed by atoms with Gasteiger partial charge in [-0.2, -0.15) is 0 Å². The Hall–Kier alpha value is -1.89. The van der Waals surface area contributed by atoms with Crippen molar-refractivity contribution in [1.29, 1.82) is 0 Å². The van der Waals surface area contributed by atoms with Crippen LogP contribution in [-0.2, 0) is 0 Å². The minimum atomic E-state index is -0.642. The SMILES string of the molecule is CC(C)(C)C(O)CNC(=O)NC1CCN(c2ccc(F)cc2F)C1. The Labute approximate surface area is 141 Å². The summed E-state index contributed by atoms with van der Waals surface area (Å²) < 4.78 is 26.8. The van der Waals surface area contributed by atoms with Crippen LogP contribution in [0.4, 0.5) is 19.3 Å². The topological polar surface area (TPSA) is 64.6 Å². The fraction of sp³-hybridized carbons (Fsp3) is 0.588. The lowest BCUT2D eigenvalue weighted by atomic mass is 9.89. The van der Waals surface area contributed by atoms with Crippen LogP contribution in [0.3, 0.4) is 0 Å². The molecule has 1 aromatic rings. The van der Waals surface area contributed by atoms with E-state index in [4.69, 9.17) is 0 Å². The van der Waals surface area contributed by atoms with E-state index < -0.39 is 17.7 Å². The van der Waals surface area contributed by atoms with Gasteiger partial charge in [0.15, 0.2) is 0 Å². The molecule has 0 spiro atoms. The van der Waals surface area contributed by atoms with Gasteiger partial charge in [-0.3, -0.25) is 0 Å². The van der Waals surface area contributed by atoms with Crippen molar-refractivity contribution in [3.63, 3.8) is 0 Å². The van der Waals surface area contributed by atoms with Crippen LogP contribution in [0.2, 0.25) is 0 Å². The van der Waals surface area contributed by atoms with E-state index in [2.05, 4.69) is 10.6 Å². The second-order valence-corrected chi connectivity index (χ2v) is 7.26. The summed E-state index contributed by atoms with van der Waals surface area (Å²) in [4.78, 5) is 13.7. The van der Waals surface area contributed by atoms with Gasteiger partial charge in [0.1, 0.15) is 11.6 Å². The minimum Gasteiger partial charge on any atom is -0.391 e.